The van der Waals surface area contributed by atoms with Crippen molar-refractivity contribution in [3.8, 4) is 16.8 Å². The summed E-state index contributed by atoms with van der Waals surface area (Å²) in [6.07, 6.45) is 0. The van der Waals surface area contributed by atoms with Crippen LogP contribution in [0.15, 0.2) is 162 Å². The van der Waals surface area contributed by atoms with Crippen molar-refractivity contribution in [3.05, 3.63) is 191 Å². The molecule has 314 valence electrons. The van der Waals surface area contributed by atoms with Crippen LogP contribution < -0.4 is 26.2 Å². The molecule has 1 aliphatic carbocycles. The minimum Gasteiger partial charge on any atom is -0.454 e. The number of hydrogen-bond donors (Lipinski definition) is 0. The Kier molecular flexibility index (Phi) is 7.75. The van der Waals surface area contributed by atoms with Gasteiger partial charge in [0.15, 0.2) is 5.58 Å². The fourth-order valence-corrected chi connectivity index (χ4v) is 11.9. The molecule has 3 aliphatic rings. The van der Waals surface area contributed by atoms with Crippen LogP contribution in [0.25, 0.3) is 49.7 Å². The number of furan rings is 1. The fourth-order valence-electron chi connectivity index (χ4n) is 11.9. The second-order valence-corrected chi connectivity index (χ2v) is 20.3. The van der Waals surface area contributed by atoms with Gasteiger partial charge in [-0.3, -0.25) is 0 Å². The van der Waals surface area contributed by atoms with Gasteiger partial charge in [0.1, 0.15) is 5.58 Å². The predicted octanol–water partition coefficient (Wildman–Crippen LogP) is 14.1. The first-order valence-electron chi connectivity index (χ1n) is 23.1. The summed E-state index contributed by atoms with van der Waals surface area (Å²) in [6.45, 7) is 18.3. The number of hydrogen-bond acceptors (Lipinski definition) is 3. The molecule has 0 saturated heterocycles. The summed E-state index contributed by atoms with van der Waals surface area (Å²) in [6, 6.07) is 59.2. The molecule has 4 heterocycles. The number of anilines is 6. The summed E-state index contributed by atoms with van der Waals surface area (Å²) < 4.78 is 9.80. The Hall–Kier alpha value is -7.24. The lowest BCUT2D eigenvalue weighted by Gasteiger charge is -2.42. The molecule has 0 unspecified atom stereocenters. The van der Waals surface area contributed by atoms with E-state index in [1.54, 1.807) is 0 Å². The molecule has 0 saturated carbocycles. The molecule has 5 heteroatoms. The first-order chi connectivity index (χ1) is 31.4. The van der Waals surface area contributed by atoms with E-state index in [9.17, 15) is 0 Å². The van der Waals surface area contributed by atoms with Crippen molar-refractivity contribution in [1.29, 1.82) is 0 Å². The Morgan fingerprint density at radius 3 is 2.03 bits per heavy atom. The molecule has 0 radical (unpaired) electrons. The van der Waals surface area contributed by atoms with Crippen molar-refractivity contribution in [1.82, 2.24) is 4.57 Å². The first kappa shape index (κ1) is 38.2. The van der Waals surface area contributed by atoms with E-state index in [0.717, 1.165) is 50.4 Å². The third kappa shape index (κ3) is 5.15. The van der Waals surface area contributed by atoms with E-state index in [4.69, 9.17) is 4.42 Å². The van der Waals surface area contributed by atoms with E-state index in [0.29, 0.717) is 0 Å². The number of fused-ring (bicyclic) bond motifs is 12. The topological polar surface area (TPSA) is 24.6 Å². The Morgan fingerprint density at radius 2 is 1.28 bits per heavy atom. The molecule has 0 atom stereocenters. The molecule has 0 amide bonds. The zero-order valence-corrected chi connectivity index (χ0v) is 38.3. The highest BCUT2D eigenvalue weighted by atomic mass is 16.3. The van der Waals surface area contributed by atoms with Gasteiger partial charge in [0.2, 0.25) is 0 Å². The normalized spacial score (nSPS) is 14.2. The van der Waals surface area contributed by atoms with Gasteiger partial charge in [-0.2, -0.15) is 0 Å². The van der Waals surface area contributed by atoms with Gasteiger partial charge in [0.25, 0.3) is 6.71 Å². The summed E-state index contributed by atoms with van der Waals surface area (Å²) in [7, 11) is 0. The summed E-state index contributed by atoms with van der Waals surface area (Å²) in [5, 5.41) is 3.59. The monoisotopic (exact) mass is 839 g/mol. The molecule has 4 nitrogen and oxygen atoms in total. The molecule has 0 spiro atoms. The number of nitrogens with zero attached hydrogens (tertiary/aromatic N) is 3. The molecule has 65 heavy (non-hydrogen) atoms. The molecule has 8 aromatic carbocycles. The average molecular weight is 840 g/mol. The third-order valence-corrected chi connectivity index (χ3v) is 15.0. The van der Waals surface area contributed by atoms with Crippen LogP contribution in [0.4, 0.5) is 34.1 Å². The lowest BCUT2D eigenvalue weighted by molar-refractivity contribution is 0.587. The standard InChI is InChI=1S/C60H50BN3O/c1-35-31-51-55-52(32-35)64-56-43(54-42-19-11-12-22-44(42)60(7,8)58(54)64)21-15-23-46(56)61(55)45-30-28-39(62(47-24-13-9-17-36(47)2)48-25-14-10-18-37(48)3)34-50(45)63(51)49-26-16-20-41-40-29-27-38(59(4,5)6)33-53(40)65-57(41)49/h9-34H,1-8H3. The maximum Gasteiger partial charge on any atom is 0.252 e. The van der Waals surface area contributed by atoms with Gasteiger partial charge in [-0.15, -0.1) is 0 Å². The van der Waals surface area contributed by atoms with Crippen molar-refractivity contribution < 1.29 is 4.42 Å². The molecule has 0 N–H and O–H groups in total. The minimum absolute atomic E-state index is 0.0000698. The van der Waals surface area contributed by atoms with Gasteiger partial charge in [0, 0.05) is 72.5 Å². The van der Waals surface area contributed by atoms with Crippen LogP contribution in [0.2, 0.25) is 0 Å². The predicted molar refractivity (Wildman–Crippen MR) is 275 cm³/mol. The summed E-state index contributed by atoms with van der Waals surface area (Å²) >= 11 is 0. The largest absolute Gasteiger partial charge is 0.454 e. The second-order valence-electron chi connectivity index (χ2n) is 20.3. The molecule has 2 aliphatic heterocycles. The summed E-state index contributed by atoms with van der Waals surface area (Å²) in [4.78, 5) is 4.99. The van der Waals surface area contributed by atoms with Gasteiger partial charge >= 0.3 is 0 Å². The van der Waals surface area contributed by atoms with Crippen molar-refractivity contribution in [2.24, 2.45) is 0 Å². The number of aryl methyl sites for hydroxylation is 3. The van der Waals surface area contributed by atoms with Crippen LogP contribution in [-0.2, 0) is 10.8 Å². The van der Waals surface area contributed by atoms with E-state index >= 15 is 0 Å². The Labute approximate surface area is 381 Å². The Balaban J connectivity index is 1.15. The second kappa shape index (κ2) is 13.2. The third-order valence-electron chi connectivity index (χ3n) is 15.0. The minimum atomic E-state index is -0.201. The smallest absolute Gasteiger partial charge is 0.252 e. The SMILES string of the molecule is Cc1cc2c3c(c1)-n1c4c(c5cccc(c51)B3c1ccc(N(c3ccccc3C)c3ccccc3C)cc1N2c1cccc2c1oc1cc(C(C)(C)C)ccc12)-c1ccccc1C4(C)C. The van der Waals surface area contributed by atoms with E-state index in [1.165, 1.54) is 83.3 Å². The van der Waals surface area contributed by atoms with Gasteiger partial charge in [0.05, 0.1) is 5.69 Å². The van der Waals surface area contributed by atoms with Gasteiger partial charge < -0.3 is 18.8 Å². The van der Waals surface area contributed by atoms with Crippen LogP contribution in [0.3, 0.4) is 0 Å². The maximum atomic E-state index is 7.13. The van der Waals surface area contributed by atoms with E-state index in [1.807, 2.05) is 0 Å². The molecule has 13 rings (SSSR count). The van der Waals surface area contributed by atoms with E-state index in [2.05, 4.69) is 227 Å². The fraction of sp³-hybridized carbons (Fsp3) is 0.167. The Morgan fingerprint density at radius 1 is 0.585 bits per heavy atom. The molecule has 0 fully saturated rings. The number of rotatable bonds is 4. The molecular formula is C60H50BN3O. The molecule has 10 aromatic rings. The summed E-state index contributed by atoms with van der Waals surface area (Å²) in [5.74, 6) is 0. The van der Waals surface area contributed by atoms with Gasteiger partial charge in [-0.1, -0.05) is 144 Å². The highest BCUT2D eigenvalue weighted by Crippen LogP contribution is 2.55. The van der Waals surface area contributed by atoms with Gasteiger partial charge in [-0.05, 0) is 124 Å². The highest BCUT2D eigenvalue weighted by molar-refractivity contribution is 7.00. The van der Waals surface area contributed by atoms with Crippen LogP contribution in [0.5, 0.6) is 0 Å². The number of benzene rings is 8. The number of para-hydroxylation sites is 4. The van der Waals surface area contributed by atoms with E-state index in [-0.39, 0.29) is 17.5 Å². The zero-order valence-electron chi connectivity index (χ0n) is 38.3. The quantitative estimate of drug-likeness (QED) is 0.165. The summed E-state index contributed by atoms with van der Waals surface area (Å²) in [5.41, 5.74) is 25.4. The number of aromatic nitrogens is 1. The van der Waals surface area contributed by atoms with Crippen LogP contribution in [0.1, 0.15) is 68.1 Å². The lowest BCUT2D eigenvalue weighted by atomic mass is 9.33. The van der Waals surface area contributed by atoms with Crippen LogP contribution >= 0.6 is 0 Å². The molecule has 2 aromatic heterocycles. The maximum absolute atomic E-state index is 7.13. The van der Waals surface area contributed by atoms with Crippen LogP contribution in [-0.4, -0.2) is 11.3 Å². The Bertz CT molecular complexity index is 3650. The first-order valence-corrected chi connectivity index (χ1v) is 23.1. The van der Waals surface area contributed by atoms with Crippen molar-refractivity contribution in [3.63, 3.8) is 0 Å². The average Bonchev–Trinajstić information content (AvgIpc) is 3.93. The van der Waals surface area contributed by atoms with Gasteiger partial charge in [-0.25, -0.2) is 0 Å². The lowest BCUT2D eigenvalue weighted by Crippen LogP contribution is -2.60. The zero-order chi connectivity index (χ0) is 44.3. The van der Waals surface area contributed by atoms with Crippen LogP contribution in [0, 0.1) is 20.8 Å². The van der Waals surface area contributed by atoms with E-state index < -0.39 is 0 Å². The molecular weight excluding hydrogens is 789 g/mol. The van der Waals surface area contributed by atoms with Crippen molar-refractivity contribution in [2.45, 2.75) is 66.2 Å². The van der Waals surface area contributed by atoms with Crippen molar-refractivity contribution >= 4 is 90.1 Å². The van der Waals surface area contributed by atoms with Crippen molar-refractivity contribution in [2.75, 3.05) is 9.80 Å². The highest BCUT2D eigenvalue weighted by Gasteiger charge is 2.47. The molecule has 0 bridgehead atoms.